The number of ether oxygens (including phenoxy) is 1. The van der Waals surface area contributed by atoms with Crippen molar-refractivity contribution < 1.29 is 4.74 Å². The zero-order chi connectivity index (χ0) is 9.80. The van der Waals surface area contributed by atoms with Gasteiger partial charge in [0.1, 0.15) is 0 Å². The van der Waals surface area contributed by atoms with Gasteiger partial charge >= 0.3 is 0 Å². The monoisotopic (exact) mass is 197 g/mol. The Morgan fingerprint density at radius 1 is 1.14 bits per heavy atom. The molecule has 0 aromatic carbocycles. The second kappa shape index (κ2) is 5.13. The third kappa shape index (κ3) is 2.96. The molecule has 0 saturated carbocycles. The first-order chi connectivity index (χ1) is 6.84. The standard InChI is InChI=1S/C12H23NO/c1-10-8-12(4-7-14-10)9-11-2-5-13-6-3-11/h10-13H,2-9H2,1H3. The summed E-state index contributed by atoms with van der Waals surface area (Å²) in [6.45, 7) is 5.69. The minimum Gasteiger partial charge on any atom is -0.378 e. The van der Waals surface area contributed by atoms with E-state index in [1.165, 1.54) is 45.2 Å². The van der Waals surface area contributed by atoms with E-state index in [-0.39, 0.29) is 0 Å². The lowest BCUT2D eigenvalue weighted by Gasteiger charge is -2.31. The summed E-state index contributed by atoms with van der Waals surface area (Å²) in [6, 6.07) is 0. The van der Waals surface area contributed by atoms with Crippen molar-refractivity contribution in [1.29, 1.82) is 0 Å². The Kier molecular flexibility index (Phi) is 3.82. The molecule has 2 aliphatic heterocycles. The van der Waals surface area contributed by atoms with Crippen LogP contribution in [0.3, 0.4) is 0 Å². The number of hydrogen-bond acceptors (Lipinski definition) is 2. The van der Waals surface area contributed by atoms with Gasteiger partial charge in [-0.2, -0.15) is 0 Å². The van der Waals surface area contributed by atoms with Gasteiger partial charge in [0.25, 0.3) is 0 Å². The molecule has 2 heteroatoms. The molecule has 2 atom stereocenters. The first kappa shape index (κ1) is 10.4. The molecule has 0 radical (unpaired) electrons. The van der Waals surface area contributed by atoms with Gasteiger partial charge in [0, 0.05) is 6.61 Å². The molecule has 0 aromatic heterocycles. The molecule has 0 aromatic rings. The summed E-state index contributed by atoms with van der Waals surface area (Å²) in [6.07, 6.45) is 7.35. The molecule has 2 saturated heterocycles. The third-order valence-electron chi connectivity index (χ3n) is 3.72. The summed E-state index contributed by atoms with van der Waals surface area (Å²) in [5, 5.41) is 3.44. The molecule has 0 spiro atoms. The summed E-state index contributed by atoms with van der Waals surface area (Å²) in [5.41, 5.74) is 0. The van der Waals surface area contributed by atoms with Gasteiger partial charge in [-0.3, -0.25) is 0 Å². The van der Waals surface area contributed by atoms with Gasteiger partial charge < -0.3 is 10.1 Å². The molecule has 0 amide bonds. The first-order valence-electron chi connectivity index (χ1n) is 6.17. The molecule has 82 valence electrons. The normalized spacial score (nSPS) is 35.8. The second-order valence-corrected chi connectivity index (χ2v) is 5.00. The average molecular weight is 197 g/mol. The predicted octanol–water partition coefficient (Wildman–Crippen LogP) is 2.19. The van der Waals surface area contributed by atoms with E-state index in [0.29, 0.717) is 6.10 Å². The van der Waals surface area contributed by atoms with Crippen LogP contribution in [0.4, 0.5) is 0 Å². The molecule has 2 rings (SSSR count). The first-order valence-corrected chi connectivity index (χ1v) is 6.17. The molecule has 0 bridgehead atoms. The topological polar surface area (TPSA) is 21.3 Å². The van der Waals surface area contributed by atoms with Crippen LogP contribution in [0.5, 0.6) is 0 Å². The molecule has 2 fully saturated rings. The van der Waals surface area contributed by atoms with E-state index in [9.17, 15) is 0 Å². The lowest BCUT2D eigenvalue weighted by molar-refractivity contribution is -0.00368. The highest BCUT2D eigenvalue weighted by Crippen LogP contribution is 2.29. The van der Waals surface area contributed by atoms with Crippen molar-refractivity contribution in [3.63, 3.8) is 0 Å². The maximum atomic E-state index is 5.58. The Bertz CT molecular complexity index is 166. The molecule has 2 aliphatic rings. The fourth-order valence-electron chi connectivity index (χ4n) is 2.89. The Labute approximate surface area is 87.4 Å². The van der Waals surface area contributed by atoms with Crippen LogP contribution in [0, 0.1) is 11.8 Å². The fraction of sp³-hybridized carbons (Fsp3) is 1.00. The van der Waals surface area contributed by atoms with Crippen molar-refractivity contribution in [3.8, 4) is 0 Å². The minimum absolute atomic E-state index is 0.510. The van der Waals surface area contributed by atoms with E-state index in [0.717, 1.165) is 18.4 Å². The van der Waals surface area contributed by atoms with Gasteiger partial charge in [0.2, 0.25) is 0 Å². The number of hydrogen-bond donors (Lipinski definition) is 1. The number of nitrogens with one attached hydrogen (secondary N) is 1. The molecule has 14 heavy (non-hydrogen) atoms. The Balaban J connectivity index is 1.72. The predicted molar refractivity (Wildman–Crippen MR) is 58.3 cm³/mol. The summed E-state index contributed by atoms with van der Waals surface area (Å²) >= 11 is 0. The lowest BCUT2D eigenvalue weighted by atomic mass is 9.83. The van der Waals surface area contributed by atoms with Crippen LogP contribution in [0.25, 0.3) is 0 Å². The van der Waals surface area contributed by atoms with E-state index in [1.807, 2.05) is 0 Å². The van der Waals surface area contributed by atoms with Gasteiger partial charge in [0.15, 0.2) is 0 Å². The van der Waals surface area contributed by atoms with Gasteiger partial charge in [-0.05, 0) is 64.0 Å². The van der Waals surface area contributed by atoms with Crippen molar-refractivity contribution >= 4 is 0 Å². The summed E-state index contributed by atoms with van der Waals surface area (Å²) in [7, 11) is 0. The van der Waals surface area contributed by atoms with Crippen LogP contribution in [0.1, 0.15) is 39.0 Å². The quantitative estimate of drug-likeness (QED) is 0.732. The van der Waals surface area contributed by atoms with Gasteiger partial charge in [-0.15, -0.1) is 0 Å². The van der Waals surface area contributed by atoms with E-state index in [1.54, 1.807) is 0 Å². The minimum atomic E-state index is 0.510. The smallest absolute Gasteiger partial charge is 0.0549 e. The van der Waals surface area contributed by atoms with Crippen LogP contribution in [0.2, 0.25) is 0 Å². The highest BCUT2D eigenvalue weighted by Gasteiger charge is 2.23. The van der Waals surface area contributed by atoms with Crippen molar-refractivity contribution in [2.75, 3.05) is 19.7 Å². The molecule has 2 nitrogen and oxygen atoms in total. The van der Waals surface area contributed by atoms with Gasteiger partial charge in [-0.1, -0.05) is 0 Å². The number of piperidine rings is 1. The van der Waals surface area contributed by atoms with Crippen LogP contribution < -0.4 is 5.32 Å². The fourth-order valence-corrected chi connectivity index (χ4v) is 2.89. The Morgan fingerprint density at radius 3 is 2.64 bits per heavy atom. The third-order valence-corrected chi connectivity index (χ3v) is 3.72. The maximum Gasteiger partial charge on any atom is 0.0549 e. The van der Waals surface area contributed by atoms with Crippen molar-refractivity contribution in [2.24, 2.45) is 11.8 Å². The maximum absolute atomic E-state index is 5.58. The highest BCUT2D eigenvalue weighted by atomic mass is 16.5. The number of rotatable bonds is 2. The van der Waals surface area contributed by atoms with Crippen LogP contribution in [0.15, 0.2) is 0 Å². The van der Waals surface area contributed by atoms with E-state index >= 15 is 0 Å². The SMILES string of the molecule is CC1CC(CC2CCNCC2)CCO1. The lowest BCUT2D eigenvalue weighted by Crippen LogP contribution is -2.31. The second-order valence-electron chi connectivity index (χ2n) is 5.00. The van der Waals surface area contributed by atoms with Crippen LogP contribution in [-0.4, -0.2) is 25.8 Å². The molecular formula is C12H23NO. The molecule has 1 N–H and O–H groups in total. The van der Waals surface area contributed by atoms with Gasteiger partial charge in [0.05, 0.1) is 6.10 Å². The zero-order valence-corrected chi connectivity index (χ0v) is 9.30. The van der Waals surface area contributed by atoms with E-state index in [4.69, 9.17) is 4.74 Å². The van der Waals surface area contributed by atoms with E-state index in [2.05, 4.69) is 12.2 Å². The highest BCUT2D eigenvalue weighted by molar-refractivity contribution is 4.75. The summed E-state index contributed by atoms with van der Waals surface area (Å²) in [5.74, 6) is 1.94. The van der Waals surface area contributed by atoms with Crippen molar-refractivity contribution in [3.05, 3.63) is 0 Å². The van der Waals surface area contributed by atoms with Crippen molar-refractivity contribution in [2.45, 2.75) is 45.1 Å². The van der Waals surface area contributed by atoms with E-state index < -0.39 is 0 Å². The summed E-state index contributed by atoms with van der Waals surface area (Å²) < 4.78 is 5.58. The Hall–Kier alpha value is -0.0800. The Morgan fingerprint density at radius 2 is 1.93 bits per heavy atom. The average Bonchev–Trinajstić information content (AvgIpc) is 2.19. The zero-order valence-electron chi connectivity index (χ0n) is 9.30. The molecule has 2 unspecified atom stereocenters. The molecule has 0 aliphatic carbocycles. The summed E-state index contributed by atoms with van der Waals surface area (Å²) in [4.78, 5) is 0. The molecular weight excluding hydrogens is 174 g/mol. The van der Waals surface area contributed by atoms with Crippen LogP contribution >= 0.6 is 0 Å². The van der Waals surface area contributed by atoms with Crippen LogP contribution in [-0.2, 0) is 4.74 Å². The van der Waals surface area contributed by atoms with Gasteiger partial charge in [-0.25, -0.2) is 0 Å². The van der Waals surface area contributed by atoms with Crippen molar-refractivity contribution in [1.82, 2.24) is 5.32 Å². The molecule has 2 heterocycles. The largest absolute Gasteiger partial charge is 0.378 e.